The van der Waals surface area contributed by atoms with Crippen LogP contribution < -0.4 is 14.8 Å². The third-order valence-corrected chi connectivity index (χ3v) is 5.74. The van der Waals surface area contributed by atoms with E-state index in [4.69, 9.17) is 9.47 Å². The number of ether oxygens (including phenoxy) is 2. The quantitative estimate of drug-likeness (QED) is 0.451. The number of carbonyl (C=O) groups is 3. The summed E-state index contributed by atoms with van der Waals surface area (Å²) in [6.45, 7) is 2.85. The van der Waals surface area contributed by atoms with Crippen LogP contribution in [0.1, 0.15) is 40.5 Å². The number of rotatable bonds is 7. The fourth-order valence-electron chi connectivity index (χ4n) is 3.49. The predicted octanol–water partition coefficient (Wildman–Crippen LogP) is 2.63. The van der Waals surface area contributed by atoms with Gasteiger partial charge in [-0.2, -0.15) is 0 Å². The van der Waals surface area contributed by atoms with Crippen LogP contribution in [-0.2, 0) is 14.8 Å². The van der Waals surface area contributed by atoms with Gasteiger partial charge in [0.25, 0.3) is 11.8 Å². The molecule has 3 rings (SSSR count). The Morgan fingerprint density at radius 2 is 1.56 bits per heavy atom. The van der Waals surface area contributed by atoms with Gasteiger partial charge in [-0.05, 0) is 68.3 Å². The fourth-order valence-corrected chi connectivity index (χ4v) is 4.06. The predicted molar refractivity (Wildman–Crippen MR) is 125 cm³/mol. The van der Waals surface area contributed by atoms with Crippen molar-refractivity contribution in [3.63, 3.8) is 0 Å². The van der Waals surface area contributed by atoms with Crippen molar-refractivity contribution in [2.45, 2.75) is 25.8 Å². The summed E-state index contributed by atoms with van der Waals surface area (Å²) < 4.78 is 34.6. The molecular formula is C23H27N3O7S. The van der Waals surface area contributed by atoms with Crippen molar-refractivity contribution in [3.05, 3.63) is 59.7 Å². The highest BCUT2D eigenvalue weighted by Crippen LogP contribution is 2.18. The van der Waals surface area contributed by atoms with Crippen LogP contribution in [0.15, 0.2) is 48.5 Å². The maximum absolute atomic E-state index is 12.8. The molecule has 182 valence electrons. The molecule has 2 aromatic rings. The van der Waals surface area contributed by atoms with E-state index >= 15 is 0 Å². The van der Waals surface area contributed by atoms with E-state index in [2.05, 4.69) is 10.0 Å². The van der Waals surface area contributed by atoms with Crippen molar-refractivity contribution in [2.75, 3.05) is 30.7 Å². The van der Waals surface area contributed by atoms with Crippen molar-refractivity contribution in [3.8, 4) is 5.75 Å². The number of nitrogens with one attached hydrogen (secondary N) is 2. The maximum Gasteiger partial charge on any atom is 0.513 e. The van der Waals surface area contributed by atoms with E-state index in [9.17, 15) is 22.8 Å². The van der Waals surface area contributed by atoms with Gasteiger partial charge in [-0.25, -0.2) is 13.2 Å². The standard InChI is InChI=1S/C23H27N3O7S/c1-3-32-23(29)33-20-10-6-16(7-11-20)21(27)24-18-12-14-26(15-13-18)22(28)17-4-8-19(9-5-17)25-34(2,30)31/h4-11,18,25H,3,12-15H2,1-2H3,(H,24,27). The molecule has 2 N–H and O–H groups in total. The number of amides is 2. The van der Waals surface area contributed by atoms with Crippen LogP contribution in [0.3, 0.4) is 0 Å². The lowest BCUT2D eigenvalue weighted by Gasteiger charge is -2.32. The summed E-state index contributed by atoms with van der Waals surface area (Å²) in [5.41, 5.74) is 1.28. The highest BCUT2D eigenvalue weighted by Gasteiger charge is 2.25. The highest BCUT2D eigenvalue weighted by atomic mass is 32.2. The van der Waals surface area contributed by atoms with E-state index in [1.165, 1.54) is 12.1 Å². The first-order valence-corrected chi connectivity index (χ1v) is 12.7. The van der Waals surface area contributed by atoms with Crippen LogP contribution in [0.2, 0.25) is 0 Å². The van der Waals surface area contributed by atoms with Gasteiger partial charge in [0.2, 0.25) is 10.0 Å². The van der Waals surface area contributed by atoms with Crippen LogP contribution in [0.25, 0.3) is 0 Å². The molecule has 0 bridgehead atoms. The summed E-state index contributed by atoms with van der Waals surface area (Å²) in [6, 6.07) is 12.3. The molecule has 2 aromatic carbocycles. The zero-order valence-corrected chi connectivity index (χ0v) is 19.8. The number of likely N-dealkylation sites (tertiary alicyclic amines) is 1. The van der Waals surface area contributed by atoms with Gasteiger partial charge >= 0.3 is 6.16 Å². The third kappa shape index (κ3) is 7.20. The molecule has 11 heteroatoms. The summed E-state index contributed by atoms with van der Waals surface area (Å²) in [4.78, 5) is 38.4. The van der Waals surface area contributed by atoms with Gasteiger partial charge in [0.1, 0.15) is 5.75 Å². The molecule has 1 fully saturated rings. The number of anilines is 1. The number of benzene rings is 2. The average molecular weight is 490 g/mol. The molecule has 0 unspecified atom stereocenters. The van der Waals surface area contributed by atoms with Gasteiger partial charge in [0.05, 0.1) is 12.9 Å². The minimum absolute atomic E-state index is 0.0756. The summed E-state index contributed by atoms with van der Waals surface area (Å²) in [6.07, 6.45) is 1.47. The molecule has 1 aliphatic heterocycles. The molecule has 10 nitrogen and oxygen atoms in total. The summed E-state index contributed by atoms with van der Waals surface area (Å²) in [7, 11) is -3.38. The first-order valence-electron chi connectivity index (χ1n) is 10.8. The summed E-state index contributed by atoms with van der Waals surface area (Å²) >= 11 is 0. The Labute approximate surface area is 198 Å². The largest absolute Gasteiger partial charge is 0.513 e. The van der Waals surface area contributed by atoms with Crippen molar-refractivity contribution in [1.82, 2.24) is 10.2 Å². The van der Waals surface area contributed by atoms with Crippen molar-refractivity contribution in [2.24, 2.45) is 0 Å². The molecule has 0 saturated carbocycles. The van der Waals surface area contributed by atoms with Crippen molar-refractivity contribution >= 4 is 33.7 Å². The lowest BCUT2D eigenvalue weighted by atomic mass is 10.0. The first kappa shape index (κ1) is 25.0. The Balaban J connectivity index is 1.48. The van der Waals surface area contributed by atoms with Crippen LogP contribution >= 0.6 is 0 Å². The lowest BCUT2D eigenvalue weighted by molar-refractivity contribution is 0.0698. The zero-order chi connectivity index (χ0) is 24.7. The molecule has 0 radical (unpaired) electrons. The third-order valence-electron chi connectivity index (χ3n) is 5.13. The van der Waals surface area contributed by atoms with E-state index in [-0.39, 0.29) is 30.2 Å². The van der Waals surface area contributed by atoms with Gasteiger partial charge in [0, 0.05) is 35.9 Å². The maximum atomic E-state index is 12.8. The van der Waals surface area contributed by atoms with E-state index in [0.29, 0.717) is 42.7 Å². The summed E-state index contributed by atoms with van der Waals surface area (Å²) in [5.74, 6) is -0.115. The molecule has 2 amide bonds. The van der Waals surface area contributed by atoms with Gasteiger partial charge in [0.15, 0.2) is 0 Å². The SMILES string of the molecule is CCOC(=O)Oc1ccc(C(=O)NC2CCN(C(=O)c3ccc(NS(C)(=O)=O)cc3)CC2)cc1. The number of piperidine rings is 1. The highest BCUT2D eigenvalue weighted by molar-refractivity contribution is 7.92. The summed E-state index contributed by atoms with van der Waals surface area (Å²) in [5, 5.41) is 2.97. The van der Waals surface area contributed by atoms with E-state index in [0.717, 1.165) is 6.26 Å². The minimum Gasteiger partial charge on any atom is -0.434 e. The van der Waals surface area contributed by atoms with Gasteiger partial charge in [-0.15, -0.1) is 0 Å². The van der Waals surface area contributed by atoms with E-state index in [1.54, 1.807) is 48.2 Å². The Hall–Kier alpha value is -3.60. The number of hydrogen-bond donors (Lipinski definition) is 2. The second-order valence-electron chi connectivity index (χ2n) is 7.80. The van der Waals surface area contributed by atoms with Crippen molar-refractivity contribution < 1.29 is 32.3 Å². The molecule has 0 atom stereocenters. The topological polar surface area (TPSA) is 131 Å². The second kappa shape index (κ2) is 11.0. The zero-order valence-electron chi connectivity index (χ0n) is 18.9. The average Bonchev–Trinajstić information content (AvgIpc) is 2.79. The van der Waals surface area contributed by atoms with Crippen LogP contribution in [-0.4, -0.2) is 63.3 Å². The lowest BCUT2D eigenvalue weighted by Crippen LogP contribution is -2.46. The number of sulfonamides is 1. The molecule has 1 saturated heterocycles. The van der Waals surface area contributed by atoms with E-state index in [1.807, 2.05) is 0 Å². The van der Waals surface area contributed by atoms with Crippen LogP contribution in [0.5, 0.6) is 5.75 Å². The molecular weight excluding hydrogens is 462 g/mol. The molecule has 1 heterocycles. The van der Waals surface area contributed by atoms with Crippen LogP contribution in [0, 0.1) is 0 Å². The smallest absolute Gasteiger partial charge is 0.434 e. The number of carbonyl (C=O) groups excluding carboxylic acids is 3. The number of nitrogens with zero attached hydrogens (tertiary/aromatic N) is 1. The molecule has 1 aliphatic rings. The fraction of sp³-hybridized carbons (Fsp3) is 0.348. The Kier molecular flexibility index (Phi) is 8.11. The Morgan fingerprint density at radius 3 is 2.12 bits per heavy atom. The Morgan fingerprint density at radius 1 is 0.971 bits per heavy atom. The normalized spacial score (nSPS) is 14.2. The second-order valence-corrected chi connectivity index (χ2v) is 9.55. The molecule has 0 spiro atoms. The molecule has 34 heavy (non-hydrogen) atoms. The number of hydrogen-bond acceptors (Lipinski definition) is 7. The van der Waals surface area contributed by atoms with Crippen LogP contribution in [0.4, 0.5) is 10.5 Å². The Bertz CT molecular complexity index is 1120. The molecule has 0 aromatic heterocycles. The molecule has 0 aliphatic carbocycles. The van der Waals surface area contributed by atoms with Gasteiger partial charge in [-0.3, -0.25) is 14.3 Å². The monoisotopic (exact) mass is 489 g/mol. The van der Waals surface area contributed by atoms with Gasteiger partial charge in [-0.1, -0.05) is 0 Å². The van der Waals surface area contributed by atoms with Gasteiger partial charge < -0.3 is 19.7 Å². The minimum atomic E-state index is -3.38. The van der Waals surface area contributed by atoms with E-state index < -0.39 is 16.2 Å². The first-order chi connectivity index (χ1) is 16.1. The van der Waals surface area contributed by atoms with Crippen molar-refractivity contribution in [1.29, 1.82) is 0 Å².